The van der Waals surface area contributed by atoms with Crippen LogP contribution in [0.5, 0.6) is 5.75 Å². The molecule has 3 heterocycles. The molecule has 3 amide bonds. The maximum atomic E-state index is 13.0. The molecule has 3 unspecified atom stereocenters. The second-order valence-corrected chi connectivity index (χ2v) is 10.2. The van der Waals surface area contributed by atoms with Crippen LogP contribution >= 0.6 is 0 Å². The van der Waals surface area contributed by atoms with Gasteiger partial charge in [0.15, 0.2) is 0 Å². The van der Waals surface area contributed by atoms with Gasteiger partial charge in [0.05, 0.1) is 6.10 Å². The highest BCUT2D eigenvalue weighted by Gasteiger charge is 2.53. The molecule has 8 nitrogen and oxygen atoms in total. The summed E-state index contributed by atoms with van der Waals surface area (Å²) in [6.45, 7) is 5.16. The predicted molar refractivity (Wildman–Crippen MR) is 119 cm³/mol. The lowest BCUT2D eigenvalue weighted by molar-refractivity contribution is -0.136. The zero-order valence-electron chi connectivity index (χ0n) is 19.0. The highest BCUT2D eigenvalue weighted by atomic mass is 16.5. The Hall–Kier alpha value is -2.45. The first-order valence-electron chi connectivity index (χ1n) is 12.3. The van der Waals surface area contributed by atoms with Gasteiger partial charge in [-0.3, -0.25) is 24.6 Å². The van der Waals surface area contributed by atoms with Gasteiger partial charge in [0.2, 0.25) is 11.8 Å². The number of carbonyl (C=O) groups excluding carboxylic acids is 3. The molecule has 5 atom stereocenters. The van der Waals surface area contributed by atoms with Crippen LogP contribution in [0.4, 0.5) is 0 Å². The highest BCUT2D eigenvalue weighted by molar-refractivity contribution is 6.05. The largest absolute Gasteiger partial charge is 0.488 e. The van der Waals surface area contributed by atoms with Crippen LogP contribution in [-0.4, -0.2) is 71.5 Å². The Morgan fingerprint density at radius 3 is 2.70 bits per heavy atom. The van der Waals surface area contributed by atoms with Crippen LogP contribution in [0.15, 0.2) is 18.2 Å². The number of nitrogens with one attached hydrogen (secondary N) is 1. The van der Waals surface area contributed by atoms with Crippen molar-refractivity contribution in [2.45, 2.75) is 69.9 Å². The van der Waals surface area contributed by atoms with E-state index in [0.717, 1.165) is 31.0 Å². The molecule has 0 radical (unpaired) electrons. The maximum Gasteiger partial charge on any atom is 0.255 e. The first kappa shape index (κ1) is 21.1. The molecule has 2 aliphatic carbocycles. The number of benzene rings is 1. The van der Waals surface area contributed by atoms with Crippen LogP contribution in [0.2, 0.25) is 0 Å². The molecular weight excluding hydrogens is 422 g/mol. The molecule has 2 bridgehead atoms. The van der Waals surface area contributed by atoms with Crippen LogP contribution in [0, 0.1) is 11.8 Å². The van der Waals surface area contributed by atoms with E-state index in [1.54, 1.807) is 4.90 Å². The highest BCUT2D eigenvalue weighted by Crippen LogP contribution is 2.49. The van der Waals surface area contributed by atoms with Crippen molar-refractivity contribution in [2.24, 2.45) is 11.8 Å². The third-order valence-corrected chi connectivity index (χ3v) is 8.27. The van der Waals surface area contributed by atoms with Crippen LogP contribution in [-0.2, 0) is 20.9 Å². The number of piperidine rings is 1. The Morgan fingerprint density at radius 1 is 1.09 bits per heavy atom. The Morgan fingerprint density at radius 2 is 1.91 bits per heavy atom. The molecule has 4 fully saturated rings. The van der Waals surface area contributed by atoms with Crippen molar-refractivity contribution < 1.29 is 23.9 Å². The quantitative estimate of drug-likeness (QED) is 0.660. The molecule has 2 saturated heterocycles. The smallest absolute Gasteiger partial charge is 0.255 e. The minimum atomic E-state index is -0.591. The van der Waals surface area contributed by atoms with Crippen LogP contribution in [0.25, 0.3) is 0 Å². The standard InChI is InChI=1S/C25H31N3O5/c1-2-32-18-12-27(13-18)22-14-3-4-15(9-14)23(22)33-17-5-6-19-16(10-17)11-28(25(19)31)20-7-8-21(29)26-24(20)30/h5-6,10,14-15,18,20,22-23H,2-4,7-9,11-13H2,1H3,(H,26,29,30)/t14-,15+,20?,22?,23?/m1/s1. The molecule has 6 rings (SSSR count). The van der Waals surface area contributed by atoms with Gasteiger partial charge in [0.25, 0.3) is 5.91 Å². The number of hydrogen-bond acceptors (Lipinski definition) is 6. The average molecular weight is 454 g/mol. The minimum Gasteiger partial charge on any atom is -0.488 e. The number of likely N-dealkylation sites (tertiary alicyclic amines) is 1. The molecule has 2 saturated carbocycles. The molecule has 0 spiro atoms. The molecule has 8 heteroatoms. The summed E-state index contributed by atoms with van der Waals surface area (Å²) in [6, 6.07) is 5.55. The first-order valence-corrected chi connectivity index (χ1v) is 12.3. The van der Waals surface area contributed by atoms with E-state index in [4.69, 9.17) is 9.47 Å². The molecule has 0 aromatic heterocycles. The lowest BCUT2D eigenvalue weighted by Gasteiger charge is -2.47. The molecule has 1 aromatic carbocycles. The van der Waals surface area contributed by atoms with Gasteiger partial charge >= 0.3 is 0 Å². The van der Waals surface area contributed by atoms with Crippen molar-refractivity contribution in [2.75, 3.05) is 19.7 Å². The summed E-state index contributed by atoms with van der Waals surface area (Å²) in [6.07, 6.45) is 4.90. The number of imide groups is 1. The summed E-state index contributed by atoms with van der Waals surface area (Å²) in [5, 5.41) is 2.36. The van der Waals surface area contributed by atoms with Crippen molar-refractivity contribution in [1.82, 2.24) is 15.1 Å². The van der Waals surface area contributed by atoms with Crippen LogP contribution < -0.4 is 10.1 Å². The lowest BCUT2D eigenvalue weighted by atomic mass is 9.89. The third kappa shape index (κ3) is 3.54. The van der Waals surface area contributed by atoms with Crippen molar-refractivity contribution in [1.29, 1.82) is 0 Å². The van der Waals surface area contributed by atoms with E-state index in [0.29, 0.717) is 42.5 Å². The van der Waals surface area contributed by atoms with Gasteiger partial charge in [-0.05, 0) is 68.2 Å². The van der Waals surface area contributed by atoms with Gasteiger partial charge in [-0.1, -0.05) is 0 Å². The fourth-order valence-electron chi connectivity index (χ4n) is 6.72. The number of hydrogen-bond donors (Lipinski definition) is 1. The Labute approximate surface area is 193 Å². The van der Waals surface area contributed by atoms with Crippen molar-refractivity contribution in [3.63, 3.8) is 0 Å². The Kier molecular flexibility index (Phi) is 5.18. The van der Waals surface area contributed by atoms with Gasteiger partial charge in [0, 0.05) is 44.3 Å². The number of rotatable bonds is 6. The zero-order chi connectivity index (χ0) is 22.7. The molecule has 5 aliphatic rings. The fraction of sp³-hybridized carbons (Fsp3) is 0.640. The van der Waals surface area contributed by atoms with E-state index >= 15 is 0 Å². The summed E-state index contributed by atoms with van der Waals surface area (Å²) in [4.78, 5) is 40.9. The zero-order valence-corrected chi connectivity index (χ0v) is 19.0. The van der Waals surface area contributed by atoms with E-state index in [1.807, 2.05) is 25.1 Å². The van der Waals surface area contributed by atoms with E-state index < -0.39 is 6.04 Å². The van der Waals surface area contributed by atoms with Crippen molar-refractivity contribution in [3.8, 4) is 5.75 Å². The summed E-state index contributed by atoms with van der Waals surface area (Å²) in [5.74, 6) is 1.28. The molecule has 1 aromatic rings. The van der Waals surface area contributed by atoms with E-state index in [2.05, 4.69) is 10.2 Å². The van der Waals surface area contributed by atoms with Gasteiger partial charge in [-0.15, -0.1) is 0 Å². The average Bonchev–Trinajstić information content (AvgIpc) is 3.45. The van der Waals surface area contributed by atoms with Crippen LogP contribution in [0.3, 0.4) is 0 Å². The van der Waals surface area contributed by atoms with Crippen LogP contribution in [0.1, 0.15) is 54.9 Å². The summed E-state index contributed by atoms with van der Waals surface area (Å²) >= 11 is 0. The second kappa shape index (κ2) is 8.09. The Bertz CT molecular complexity index is 990. The fourth-order valence-corrected chi connectivity index (χ4v) is 6.72. The van der Waals surface area contributed by atoms with Gasteiger partial charge in [0.1, 0.15) is 17.9 Å². The lowest BCUT2D eigenvalue weighted by Crippen LogP contribution is -2.61. The summed E-state index contributed by atoms with van der Waals surface area (Å²) < 4.78 is 12.4. The predicted octanol–water partition coefficient (Wildman–Crippen LogP) is 1.71. The van der Waals surface area contributed by atoms with E-state index in [-0.39, 0.29) is 30.2 Å². The van der Waals surface area contributed by atoms with E-state index in [9.17, 15) is 14.4 Å². The van der Waals surface area contributed by atoms with Gasteiger partial charge in [-0.2, -0.15) is 0 Å². The number of carbonyl (C=O) groups is 3. The van der Waals surface area contributed by atoms with Gasteiger partial charge in [-0.25, -0.2) is 0 Å². The van der Waals surface area contributed by atoms with E-state index in [1.165, 1.54) is 19.3 Å². The first-order chi connectivity index (χ1) is 16.0. The number of ether oxygens (including phenoxy) is 2. The summed E-state index contributed by atoms with van der Waals surface area (Å²) in [7, 11) is 0. The minimum absolute atomic E-state index is 0.147. The summed E-state index contributed by atoms with van der Waals surface area (Å²) in [5.41, 5.74) is 1.51. The molecule has 1 N–H and O–H groups in total. The van der Waals surface area contributed by atoms with Crippen molar-refractivity contribution in [3.05, 3.63) is 29.3 Å². The molecule has 33 heavy (non-hydrogen) atoms. The number of nitrogens with zero attached hydrogens (tertiary/aromatic N) is 2. The SMILES string of the molecule is CCOC1CN(C2C(Oc3ccc4c(c3)CN(C3CCC(=O)NC3=O)C4=O)[C@H]3CC[C@@H]2C3)C1. The normalized spacial score (nSPS) is 33.9. The molecule has 176 valence electrons. The third-order valence-electron chi connectivity index (χ3n) is 8.27. The van der Waals surface area contributed by atoms with Gasteiger partial charge < -0.3 is 14.4 Å². The number of fused-ring (bicyclic) bond motifs is 3. The second-order valence-electron chi connectivity index (χ2n) is 10.2. The van der Waals surface area contributed by atoms with Crippen molar-refractivity contribution >= 4 is 17.7 Å². The topological polar surface area (TPSA) is 88.2 Å². The Balaban J connectivity index is 1.16. The molecular formula is C25H31N3O5. The molecule has 3 aliphatic heterocycles. The monoisotopic (exact) mass is 453 g/mol. The number of amides is 3. The maximum absolute atomic E-state index is 13.0.